The highest BCUT2D eigenvalue weighted by atomic mass is 19.1. The van der Waals surface area contributed by atoms with Crippen molar-refractivity contribution in [3.05, 3.63) is 71.5 Å². The van der Waals surface area contributed by atoms with Gasteiger partial charge in [-0.1, -0.05) is 42.5 Å². The molecular formula is C22H27FN2O. The number of nitrogens with zero attached hydrogens (tertiary/aromatic N) is 1. The van der Waals surface area contributed by atoms with Crippen LogP contribution in [0.1, 0.15) is 50.3 Å². The van der Waals surface area contributed by atoms with Gasteiger partial charge in [-0.3, -0.25) is 9.69 Å². The number of carbonyl (C=O) groups is 1. The fraction of sp³-hybridized carbons (Fsp3) is 0.409. The second-order valence-electron chi connectivity index (χ2n) is 7.35. The van der Waals surface area contributed by atoms with E-state index in [1.165, 1.54) is 17.7 Å². The van der Waals surface area contributed by atoms with Gasteiger partial charge in [0.15, 0.2) is 0 Å². The van der Waals surface area contributed by atoms with Gasteiger partial charge >= 0.3 is 0 Å². The molecule has 4 unspecified atom stereocenters. The van der Waals surface area contributed by atoms with E-state index in [1.54, 1.807) is 12.1 Å². The molecule has 1 aliphatic rings. The molecule has 0 bridgehead atoms. The van der Waals surface area contributed by atoms with E-state index in [9.17, 15) is 9.18 Å². The third-order valence-corrected chi connectivity index (χ3v) is 5.50. The lowest BCUT2D eigenvalue weighted by atomic mass is 9.97. The summed E-state index contributed by atoms with van der Waals surface area (Å²) in [5, 5.41) is 3.06. The molecule has 0 radical (unpaired) electrons. The quantitative estimate of drug-likeness (QED) is 0.870. The Bertz CT molecular complexity index is 732. The SMILES string of the molecule is CC(NC(=O)C(C)N1CC(c2ccccc2)CC1C)c1ccc(F)cc1. The maximum Gasteiger partial charge on any atom is 0.237 e. The first-order valence-electron chi connectivity index (χ1n) is 9.32. The van der Waals surface area contributed by atoms with Crippen LogP contribution in [0.2, 0.25) is 0 Å². The highest BCUT2D eigenvalue weighted by Crippen LogP contribution is 2.32. The van der Waals surface area contributed by atoms with Gasteiger partial charge in [-0.2, -0.15) is 0 Å². The Balaban J connectivity index is 1.62. The fourth-order valence-electron chi connectivity index (χ4n) is 3.88. The van der Waals surface area contributed by atoms with Crippen molar-refractivity contribution in [2.24, 2.45) is 0 Å². The van der Waals surface area contributed by atoms with Crippen LogP contribution in [0, 0.1) is 5.82 Å². The van der Waals surface area contributed by atoms with Gasteiger partial charge in [0.1, 0.15) is 5.82 Å². The molecule has 2 aromatic rings. The van der Waals surface area contributed by atoms with Crippen molar-refractivity contribution in [1.29, 1.82) is 0 Å². The van der Waals surface area contributed by atoms with Gasteiger partial charge in [-0.05, 0) is 56.4 Å². The van der Waals surface area contributed by atoms with Gasteiger partial charge in [0, 0.05) is 12.6 Å². The molecule has 4 atom stereocenters. The second-order valence-corrected chi connectivity index (χ2v) is 7.35. The van der Waals surface area contributed by atoms with Crippen molar-refractivity contribution in [1.82, 2.24) is 10.2 Å². The summed E-state index contributed by atoms with van der Waals surface area (Å²) in [6.45, 7) is 6.98. The third-order valence-electron chi connectivity index (χ3n) is 5.50. The van der Waals surface area contributed by atoms with E-state index in [1.807, 2.05) is 19.9 Å². The summed E-state index contributed by atoms with van der Waals surface area (Å²) in [6.07, 6.45) is 1.06. The van der Waals surface area contributed by atoms with Gasteiger partial charge < -0.3 is 5.32 Å². The molecule has 1 N–H and O–H groups in total. The Kier molecular flexibility index (Phi) is 5.72. The van der Waals surface area contributed by atoms with Gasteiger partial charge in [-0.15, -0.1) is 0 Å². The van der Waals surface area contributed by atoms with Crippen molar-refractivity contribution in [3.63, 3.8) is 0 Å². The van der Waals surface area contributed by atoms with Crippen LogP contribution in [0.3, 0.4) is 0 Å². The fourth-order valence-corrected chi connectivity index (χ4v) is 3.88. The van der Waals surface area contributed by atoms with Crippen molar-refractivity contribution in [2.45, 2.75) is 51.2 Å². The highest BCUT2D eigenvalue weighted by molar-refractivity contribution is 5.81. The van der Waals surface area contributed by atoms with Crippen LogP contribution in [0.4, 0.5) is 4.39 Å². The molecule has 0 saturated carbocycles. The lowest BCUT2D eigenvalue weighted by molar-refractivity contribution is -0.126. The van der Waals surface area contributed by atoms with E-state index in [-0.39, 0.29) is 23.8 Å². The van der Waals surface area contributed by atoms with Crippen LogP contribution in [0.25, 0.3) is 0 Å². The summed E-state index contributed by atoms with van der Waals surface area (Å²) in [5.41, 5.74) is 2.25. The molecule has 0 aromatic heterocycles. The molecule has 0 aliphatic carbocycles. The zero-order chi connectivity index (χ0) is 18.7. The van der Waals surface area contributed by atoms with E-state index >= 15 is 0 Å². The summed E-state index contributed by atoms with van der Waals surface area (Å²) in [4.78, 5) is 15.0. The minimum absolute atomic E-state index is 0.0161. The van der Waals surface area contributed by atoms with Crippen LogP contribution in [0.5, 0.6) is 0 Å². The largest absolute Gasteiger partial charge is 0.348 e. The molecule has 3 rings (SSSR count). The molecule has 138 valence electrons. The van der Waals surface area contributed by atoms with Gasteiger partial charge in [0.25, 0.3) is 0 Å². The van der Waals surface area contributed by atoms with Crippen molar-refractivity contribution in [2.75, 3.05) is 6.54 Å². The maximum atomic E-state index is 13.1. The molecule has 26 heavy (non-hydrogen) atoms. The van der Waals surface area contributed by atoms with Crippen molar-refractivity contribution >= 4 is 5.91 Å². The number of nitrogens with one attached hydrogen (secondary N) is 1. The molecule has 0 spiro atoms. The first-order chi connectivity index (χ1) is 12.5. The Morgan fingerprint density at radius 2 is 1.77 bits per heavy atom. The lowest BCUT2D eigenvalue weighted by Crippen LogP contribution is -2.47. The predicted molar refractivity (Wildman–Crippen MR) is 102 cm³/mol. The Hall–Kier alpha value is -2.20. The van der Waals surface area contributed by atoms with Crippen LogP contribution in [-0.2, 0) is 4.79 Å². The maximum absolute atomic E-state index is 13.1. The standard InChI is InChI=1S/C22H27FN2O/c1-15-13-20(19-7-5-4-6-8-19)14-25(15)17(3)22(26)24-16(2)18-9-11-21(23)12-10-18/h4-12,15-17,20H,13-14H2,1-3H3,(H,24,26). The second kappa shape index (κ2) is 8.00. The van der Waals surface area contributed by atoms with E-state index in [0.717, 1.165) is 18.5 Å². The zero-order valence-corrected chi connectivity index (χ0v) is 15.7. The van der Waals surface area contributed by atoms with Crippen LogP contribution in [0.15, 0.2) is 54.6 Å². The Labute approximate surface area is 155 Å². The molecule has 3 nitrogen and oxygen atoms in total. The molecule has 1 fully saturated rings. The monoisotopic (exact) mass is 354 g/mol. The van der Waals surface area contributed by atoms with Crippen molar-refractivity contribution < 1.29 is 9.18 Å². The topological polar surface area (TPSA) is 32.3 Å². The summed E-state index contributed by atoms with van der Waals surface area (Å²) in [6, 6.07) is 16.8. The smallest absolute Gasteiger partial charge is 0.237 e. The van der Waals surface area contributed by atoms with Gasteiger partial charge in [0.05, 0.1) is 12.1 Å². The average molecular weight is 354 g/mol. The van der Waals surface area contributed by atoms with E-state index < -0.39 is 0 Å². The number of rotatable bonds is 5. The van der Waals surface area contributed by atoms with Gasteiger partial charge in [-0.25, -0.2) is 4.39 Å². The molecule has 1 saturated heterocycles. The minimum atomic E-state index is -0.265. The first kappa shape index (κ1) is 18.6. The molecule has 1 amide bonds. The third kappa shape index (κ3) is 4.13. The number of hydrogen-bond donors (Lipinski definition) is 1. The number of benzene rings is 2. The summed E-state index contributed by atoms with van der Waals surface area (Å²) >= 11 is 0. The predicted octanol–water partition coefficient (Wildman–Crippen LogP) is 4.27. The number of carbonyl (C=O) groups excluding carboxylic acids is 1. The Morgan fingerprint density at radius 1 is 1.12 bits per heavy atom. The number of halogens is 1. The van der Waals surface area contributed by atoms with E-state index in [4.69, 9.17) is 0 Å². The lowest BCUT2D eigenvalue weighted by Gasteiger charge is -2.29. The highest BCUT2D eigenvalue weighted by Gasteiger charge is 2.35. The average Bonchev–Trinajstić information content (AvgIpc) is 3.04. The van der Waals surface area contributed by atoms with E-state index in [0.29, 0.717) is 12.0 Å². The van der Waals surface area contributed by atoms with Crippen LogP contribution >= 0.6 is 0 Å². The van der Waals surface area contributed by atoms with E-state index in [2.05, 4.69) is 41.4 Å². The summed E-state index contributed by atoms with van der Waals surface area (Å²) < 4.78 is 13.1. The number of likely N-dealkylation sites (tertiary alicyclic amines) is 1. The number of hydrogen-bond acceptors (Lipinski definition) is 2. The molecule has 1 aliphatic heterocycles. The molecule has 4 heteroatoms. The first-order valence-corrected chi connectivity index (χ1v) is 9.32. The minimum Gasteiger partial charge on any atom is -0.348 e. The van der Waals surface area contributed by atoms with Crippen LogP contribution in [-0.4, -0.2) is 29.4 Å². The summed E-state index contributed by atoms with van der Waals surface area (Å²) in [7, 11) is 0. The summed E-state index contributed by atoms with van der Waals surface area (Å²) in [5.74, 6) is 0.219. The molecule has 2 aromatic carbocycles. The van der Waals surface area contributed by atoms with Crippen molar-refractivity contribution in [3.8, 4) is 0 Å². The molecule has 1 heterocycles. The number of amides is 1. The zero-order valence-electron chi connectivity index (χ0n) is 15.7. The normalized spacial score (nSPS) is 22.8. The van der Waals surface area contributed by atoms with Gasteiger partial charge in [0.2, 0.25) is 5.91 Å². The van der Waals surface area contributed by atoms with Crippen LogP contribution < -0.4 is 5.32 Å². The Morgan fingerprint density at radius 3 is 2.42 bits per heavy atom. The molecular weight excluding hydrogens is 327 g/mol.